The minimum absolute atomic E-state index is 0.240. The third-order valence-electron chi connectivity index (χ3n) is 3.82. The smallest absolute Gasteiger partial charge is 0.273 e. The topological polar surface area (TPSA) is 69.2 Å². The van der Waals surface area contributed by atoms with Gasteiger partial charge in [-0.15, -0.1) is 0 Å². The molecule has 1 N–H and O–H groups in total. The van der Waals surface area contributed by atoms with Gasteiger partial charge in [-0.3, -0.25) is 4.79 Å². The highest BCUT2D eigenvalue weighted by atomic mass is 79.9. The highest BCUT2D eigenvalue weighted by Gasteiger charge is 2.27. The summed E-state index contributed by atoms with van der Waals surface area (Å²) in [6.45, 7) is 0. The summed E-state index contributed by atoms with van der Waals surface area (Å²) in [4.78, 5) is 17.9. The number of carbonyl (C=O) groups excluding carboxylic acids is 1. The van der Waals surface area contributed by atoms with Crippen LogP contribution in [0.25, 0.3) is 0 Å². The van der Waals surface area contributed by atoms with Gasteiger partial charge in [-0.05, 0) is 21.5 Å². The third kappa shape index (κ3) is 3.76. The number of carbonyl (C=O) groups is 1. The highest BCUT2D eigenvalue weighted by Crippen LogP contribution is 2.36. The molecule has 6 nitrogen and oxygen atoms in total. The van der Waals surface area contributed by atoms with Crippen molar-refractivity contribution in [2.45, 2.75) is 12.5 Å². The number of halogens is 1. The van der Waals surface area contributed by atoms with Crippen molar-refractivity contribution in [2.75, 3.05) is 19.5 Å². The number of ether oxygens (including phenoxy) is 2. The number of benzene rings is 2. The average molecular weight is 405 g/mol. The van der Waals surface area contributed by atoms with Gasteiger partial charge in [0.05, 0.1) is 19.9 Å². The van der Waals surface area contributed by atoms with E-state index in [0.29, 0.717) is 33.8 Å². The Bertz CT molecular complexity index is 808. The molecule has 7 heteroatoms. The van der Waals surface area contributed by atoms with Crippen LogP contribution in [0.1, 0.15) is 18.1 Å². The van der Waals surface area contributed by atoms with Crippen molar-refractivity contribution in [3.05, 3.63) is 52.5 Å². The van der Waals surface area contributed by atoms with E-state index in [9.17, 15) is 4.79 Å². The fourth-order valence-electron chi connectivity index (χ4n) is 2.50. The molecule has 1 unspecified atom stereocenters. The SMILES string of the molecule is COc1cc(Br)c(NC(=O)C2=NOC(c3ccccc3)C2)cc1OC. The molecule has 0 saturated carbocycles. The summed E-state index contributed by atoms with van der Waals surface area (Å²) >= 11 is 3.42. The maximum Gasteiger partial charge on any atom is 0.273 e. The number of nitrogens with one attached hydrogen (secondary N) is 1. The summed E-state index contributed by atoms with van der Waals surface area (Å²) in [5, 5.41) is 6.75. The molecule has 1 aliphatic heterocycles. The van der Waals surface area contributed by atoms with Crippen LogP contribution in [-0.4, -0.2) is 25.8 Å². The number of hydrogen-bond acceptors (Lipinski definition) is 5. The number of nitrogens with zero attached hydrogens (tertiary/aromatic N) is 1. The number of oxime groups is 1. The van der Waals surface area contributed by atoms with E-state index in [1.54, 1.807) is 19.2 Å². The van der Waals surface area contributed by atoms with Gasteiger partial charge in [-0.1, -0.05) is 35.5 Å². The van der Waals surface area contributed by atoms with E-state index in [1.807, 2.05) is 30.3 Å². The predicted molar refractivity (Wildman–Crippen MR) is 98.2 cm³/mol. The predicted octanol–water partition coefficient (Wildman–Crippen LogP) is 3.92. The lowest BCUT2D eigenvalue weighted by atomic mass is 10.0. The summed E-state index contributed by atoms with van der Waals surface area (Å²) in [7, 11) is 3.09. The zero-order valence-corrected chi connectivity index (χ0v) is 15.4. The lowest BCUT2D eigenvalue weighted by Crippen LogP contribution is -2.22. The second-order valence-electron chi connectivity index (χ2n) is 5.39. The van der Waals surface area contributed by atoms with Crippen molar-refractivity contribution >= 4 is 33.2 Å². The molecule has 0 saturated heterocycles. The minimum atomic E-state index is -0.314. The Morgan fingerprint density at radius 3 is 2.56 bits per heavy atom. The molecule has 2 aromatic carbocycles. The van der Waals surface area contributed by atoms with Crippen LogP contribution in [0.3, 0.4) is 0 Å². The Hall–Kier alpha value is -2.54. The fourth-order valence-corrected chi connectivity index (χ4v) is 2.92. The first-order chi connectivity index (χ1) is 12.1. The van der Waals surface area contributed by atoms with Crippen molar-refractivity contribution in [2.24, 2.45) is 5.16 Å². The maximum atomic E-state index is 12.5. The lowest BCUT2D eigenvalue weighted by molar-refractivity contribution is -0.110. The van der Waals surface area contributed by atoms with Crippen LogP contribution in [-0.2, 0) is 9.63 Å². The van der Waals surface area contributed by atoms with E-state index in [0.717, 1.165) is 5.56 Å². The lowest BCUT2D eigenvalue weighted by Gasteiger charge is -2.12. The molecule has 0 aliphatic carbocycles. The second kappa shape index (κ2) is 7.57. The summed E-state index contributed by atoms with van der Waals surface area (Å²) in [6.07, 6.45) is 0.177. The minimum Gasteiger partial charge on any atom is -0.493 e. The highest BCUT2D eigenvalue weighted by molar-refractivity contribution is 9.10. The summed E-state index contributed by atoms with van der Waals surface area (Å²) in [6, 6.07) is 13.1. The number of amides is 1. The molecule has 0 radical (unpaired) electrons. The van der Waals surface area contributed by atoms with Gasteiger partial charge in [0.25, 0.3) is 5.91 Å². The van der Waals surface area contributed by atoms with Crippen LogP contribution in [0, 0.1) is 0 Å². The zero-order valence-electron chi connectivity index (χ0n) is 13.8. The molecular weight excluding hydrogens is 388 g/mol. The van der Waals surface area contributed by atoms with Crippen LogP contribution < -0.4 is 14.8 Å². The number of rotatable bonds is 5. The zero-order chi connectivity index (χ0) is 17.8. The Morgan fingerprint density at radius 1 is 1.20 bits per heavy atom. The first-order valence-electron chi connectivity index (χ1n) is 7.63. The normalized spacial score (nSPS) is 16.0. The van der Waals surface area contributed by atoms with Crippen LogP contribution >= 0.6 is 15.9 Å². The molecule has 1 amide bonds. The number of hydrogen-bond donors (Lipinski definition) is 1. The molecule has 0 bridgehead atoms. The Morgan fingerprint density at radius 2 is 1.88 bits per heavy atom. The van der Waals surface area contributed by atoms with Gasteiger partial charge in [0.1, 0.15) is 5.71 Å². The Labute approximate surface area is 153 Å². The van der Waals surface area contributed by atoms with Crippen molar-refractivity contribution in [3.8, 4) is 11.5 Å². The van der Waals surface area contributed by atoms with E-state index in [2.05, 4.69) is 26.4 Å². The number of methoxy groups -OCH3 is 2. The molecule has 3 rings (SSSR count). The number of anilines is 1. The molecule has 1 heterocycles. The van der Waals surface area contributed by atoms with Gasteiger partial charge >= 0.3 is 0 Å². The van der Waals surface area contributed by atoms with E-state index in [4.69, 9.17) is 14.3 Å². The van der Waals surface area contributed by atoms with E-state index >= 15 is 0 Å². The van der Waals surface area contributed by atoms with Crippen LogP contribution in [0.15, 0.2) is 52.1 Å². The molecule has 130 valence electrons. The Balaban J connectivity index is 1.71. The van der Waals surface area contributed by atoms with Gasteiger partial charge in [0.2, 0.25) is 0 Å². The van der Waals surface area contributed by atoms with Crippen molar-refractivity contribution in [1.29, 1.82) is 0 Å². The van der Waals surface area contributed by atoms with E-state index in [1.165, 1.54) is 7.11 Å². The van der Waals surface area contributed by atoms with E-state index < -0.39 is 0 Å². The van der Waals surface area contributed by atoms with Crippen LogP contribution in [0.5, 0.6) is 11.5 Å². The van der Waals surface area contributed by atoms with Crippen molar-refractivity contribution in [1.82, 2.24) is 0 Å². The van der Waals surface area contributed by atoms with Crippen LogP contribution in [0.2, 0.25) is 0 Å². The van der Waals surface area contributed by atoms with Gasteiger partial charge in [0, 0.05) is 23.0 Å². The first-order valence-corrected chi connectivity index (χ1v) is 8.42. The van der Waals surface area contributed by atoms with Gasteiger partial charge in [-0.2, -0.15) is 0 Å². The largest absolute Gasteiger partial charge is 0.493 e. The summed E-state index contributed by atoms with van der Waals surface area (Å²) < 4.78 is 11.2. The van der Waals surface area contributed by atoms with Crippen LogP contribution in [0.4, 0.5) is 5.69 Å². The molecule has 0 spiro atoms. The van der Waals surface area contributed by atoms with Gasteiger partial charge < -0.3 is 19.6 Å². The molecule has 25 heavy (non-hydrogen) atoms. The van der Waals surface area contributed by atoms with Gasteiger partial charge in [0.15, 0.2) is 17.6 Å². The molecule has 2 aromatic rings. The van der Waals surface area contributed by atoms with Gasteiger partial charge in [-0.25, -0.2) is 0 Å². The molecule has 1 aliphatic rings. The van der Waals surface area contributed by atoms with Crippen molar-refractivity contribution < 1.29 is 19.1 Å². The third-order valence-corrected chi connectivity index (χ3v) is 4.48. The summed E-state index contributed by atoms with van der Waals surface area (Å²) in [5.41, 5.74) is 1.89. The quantitative estimate of drug-likeness (QED) is 0.819. The van der Waals surface area contributed by atoms with Crippen molar-refractivity contribution in [3.63, 3.8) is 0 Å². The monoisotopic (exact) mass is 404 g/mol. The second-order valence-corrected chi connectivity index (χ2v) is 6.24. The average Bonchev–Trinajstić information content (AvgIpc) is 3.14. The Kier molecular flexibility index (Phi) is 5.23. The maximum absolute atomic E-state index is 12.5. The fraction of sp³-hybridized carbons (Fsp3) is 0.222. The molecule has 1 atom stereocenters. The molecular formula is C18H17BrN2O4. The summed E-state index contributed by atoms with van der Waals surface area (Å²) in [5.74, 6) is 0.775. The molecule has 0 aromatic heterocycles. The van der Waals surface area contributed by atoms with E-state index in [-0.39, 0.29) is 12.0 Å². The molecule has 0 fully saturated rings. The first kappa shape index (κ1) is 17.3. The standard InChI is InChI=1S/C18H17BrN2O4/c1-23-16-8-12(19)13(9-17(16)24-2)20-18(22)14-10-15(25-21-14)11-6-4-3-5-7-11/h3-9,15H,10H2,1-2H3,(H,20,22).